The number of rotatable bonds is 4. The van der Waals surface area contributed by atoms with Gasteiger partial charge in [0, 0.05) is 21.4 Å². The number of methoxy groups -OCH3 is 1. The summed E-state index contributed by atoms with van der Waals surface area (Å²) in [5.41, 5.74) is 3.42. The molecule has 3 atom stereocenters. The summed E-state index contributed by atoms with van der Waals surface area (Å²) in [6.45, 7) is 5.93. The third-order valence-electron chi connectivity index (χ3n) is 6.70. The summed E-state index contributed by atoms with van der Waals surface area (Å²) < 4.78 is 13.2. The molecule has 2 heterocycles. The van der Waals surface area contributed by atoms with Gasteiger partial charge in [0.15, 0.2) is 22.3 Å². The minimum absolute atomic E-state index is 0.159. The van der Waals surface area contributed by atoms with Gasteiger partial charge in [-0.05, 0) is 68.9 Å². The van der Waals surface area contributed by atoms with Crippen LogP contribution < -0.4 is 25.0 Å². The van der Waals surface area contributed by atoms with Gasteiger partial charge in [-0.2, -0.15) is 0 Å². The summed E-state index contributed by atoms with van der Waals surface area (Å²) in [6.07, 6.45) is 0. The van der Waals surface area contributed by atoms with Crippen LogP contribution in [-0.4, -0.2) is 23.9 Å². The van der Waals surface area contributed by atoms with Crippen LogP contribution in [0.5, 0.6) is 11.5 Å². The number of ether oxygens (including phenoxy) is 2. The fourth-order valence-electron chi connectivity index (χ4n) is 5.10. The predicted molar refractivity (Wildman–Crippen MR) is 145 cm³/mol. The van der Waals surface area contributed by atoms with Gasteiger partial charge < -0.3 is 20.1 Å². The molecule has 8 heteroatoms. The molecular weight excluding hydrogens is 526 g/mol. The molecule has 2 aliphatic heterocycles. The van der Waals surface area contributed by atoms with Gasteiger partial charge in [0.25, 0.3) is 0 Å². The summed E-state index contributed by atoms with van der Waals surface area (Å²) in [4.78, 5) is 15.9. The largest absolute Gasteiger partial charge is 0.493 e. The Labute approximate surface area is 218 Å². The lowest BCUT2D eigenvalue weighted by Crippen LogP contribution is -2.72. The monoisotopic (exact) mass is 551 g/mol. The maximum absolute atomic E-state index is 14.0. The van der Waals surface area contributed by atoms with E-state index in [4.69, 9.17) is 21.7 Å². The maximum Gasteiger partial charge on any atom is 0.236 e. The standard InChI is InChI=1S/C27H26BrN3O3S/c1-15-11-12-20(16(2)13-15)29-25(32)22-23-19-9-6-10-21(33-4)24(19)34-27(22,3)31(26(35)30-23)18-8-5-7-17(28)14-18/h5-14,22-23H,1-4H3,(H,29,32)(H,30,35)/t22-,23+,27+/m1/s1. The van der Waals surface area contributed by atoms with Crippen LogP contribution in [0.2, 0.25) is 0 Å². The molecule has 35 heavy (non-hydrogen) atoms. The zero-order valence-electron chi connectivity index (χ0n) is 19.9. The van der Waals surface area contributed by atoms with Crippen LogP contribution in [0.15, 0.2) is 65.1 Å². The van der Waals surface area contributed by atoms with E-state index in [2.05, 4.69) is 32.6 Å². The molecule has 2 bridgehead atoms. The van der Waals surface area contributed by atoms with Crippen LogP contribution in [0.25, 0.3) is 0 Å². The Kier molecular flexibility index (Phi) is 5.97. The van der Waals surface area contributed by atoms with Gasteiger partial charge in [-0.1, -0.05) is 51.8 Å². The van der Waals surface area contributed by atoms with Crippen molar-refractivity contribution in [3.63, 3.8) is 0 Å². The molecule has 2 aliphatic rings. The summed E-state index contributed by atoms with van der Waals surface area (Å²) in [6, 6.07) is 19.1. The number of hydrogen-bond donors (Lipinski definition) is 2. The molecule has 0 aromatic heterocycles. The first-order valence-electron chi connectivity index (χ1n) is 11.3. The topological polar surface area (TPSA) is 62.8 Å². The lowest BCUT2D eigenvalue weighted by Gasteiger charge is -2.56. The van der Waals surface area contributed by atoms with E-state index < -0.39 is 17.7 Å². The van der Waals surface area contributed by atoms with E-state index in [-0.39, 0.29) is 5.91 Å². The molecule has 3 aromatic carbocycles. The van der Waals surface area contributed by atoms with Crippen LogP contribution in [0.4, 0.5) is 11.4 Å². The highest BCUT2D eigenvalue weighted by molar-refractivity contribution is 9.10. The van der Waals surface area contributed by atoms with E-state index in [9.17, 15) is 4.79 Å². The number of fused-ring (bicyclic) bond motifs is 4. The molecule has 0 unspecified atom stereocenters. The number of aryl methyl sites for hydroxylation is 2. The molecule has 0 aliphatic carbocycles. The summed E-state index contributed by atoms with van der Waals surface area (Å²) in [7, 11) is 1.61. The van der Waals surface area contributed by atoms with Crippen molar-refractivity contribution in [2.45, 2.75) is 32.5 Å². The molecule has 3 aromatic rings. The molecule has 5 rings (SSSR count). The fourth-order valence-corrected chi connectivity index (χ4v) is 5.90. The van der Waals surface area contributed by atoms with Gasteiger partial charge >= 0.3 is 0 Å². The number of thiocarbonyl (C=S) groups is 1. The molecule has 6 nitrogen and oxygen atoms in total. The van der Waals surface area contributed by atoms with Crippen LogP contribution in [-0.2, 0) is 4.79 Å². The lowest BCUT2D eigenvalue weighted by molar-refractivity contribution is -0.130. The summed E-state index contributed by atoms with van der Waals surface area (Å²) in [5.74, 6) is 0.422. The van der Waals surface area contributed by atoms with Gasteiger partial charge in [-0.15, -0.1) is 0 Å². The van der Waals surface area contributed by atoms with E-state index in [1.807, 2.05) is 80.3 Å². The zero-order chi connectivity index (χ0) is 24.9. The average molecular weight is 552 g/mol. The van der Waals surface area contributed by atoms with Crippen molar-refractivity contribution in [1.29, 1.82) is 0 Å². The van der Waals surface area contributed by atoms with Crippen molar-refractivity contribution in [1.82, 2.24) is 5.32 Å². The molecule has 1 fully saturated rings. The highest BCUT2D eigenvalue weighted by Crippen LogP contribution is 2.52. The van der Waals surface area contributed by atoms with E-state index in [0.29, 0.717) is 16.6 Å². The first-order valence-corrected chi connectivity index (χ1v) is 12.5. The average Bonchev–Trinajstić information content (AvgIpc) is 2.80. The van der Waals surface area contributed by atoms with Crippen molar-refractivity contribution in [3.05, 3.63) is 81.8 Å². The Hall–Kier alpha value is -3.10. The summed E-state index contributed by atoms with van der Waals surface area (Å²) in [5, 5.41) is 7.07. The Morgan fingerprint density at radius 1 is 1.17 bits per heavy atom. The number of hydrogen-bond acceptors (Lipinski definition) is 4. The third-order valence-corrected chi connectivity index (χ3v) is 7.49. The third kappa shape index (κ3) is 3.94. The van der Waals surface area contributed by atoms with Crippen molar-refractivity contribution < 1.29 is 14.3 Å². The van der Waals surface area contributed by atoms with Crippen LogP contribution >= 0.6 is 28.1 Å². The zero-order valence-corrected chi connectivity index (χ0v) is 22.3. The highest BCUT2D eigenvalue weighted by atomic mass is 79.9. The molecule has 180 valence electrons. The van der Waals surface area contributed by atoms with Crippen molar-refractivity contribution in [2.75, 3.05) is 17.3 Å². The van der Waals surface area contributed by atoms with Crippen LogP contribution in [0, 0.1) is 19.8 Å². The number of carbonyl (C=O) groups excluding carboxylic acids is 1. The minimum atomic E-state index is -1.13. The van der Waals surface area contributed by atoms with Gasteiger partial charge in [-0.25, -0.2) is 0 Å². The molecule has 0 radical (unpaired) electrons. The highest BCUT2D eigenvalue weighted by Gasteiger charge is 2.59. The van der Waals surface area contributed by atoms with Crippen molar-refractivity contribution in [3.8, 4) is 11.5 Å². The number of nitrogens with one attached hydrogen (secondary N) is 2. The summed E-state index contributed by atoms with van der Waals surface area (Å²) >= 11 is 9.38. The number of nitrogens with zero attached hydrogens (tertiary/aromatic N) is 1. The number of anilines is 2. The second-order valence-electron chi connectivity index (χ2n) is 9.06. The van der Waals surface area contributed by atoms with Crippen LogP contribution in [0.3, 0.4) is 0 Å². The maximum atomic E-state index is 14.0. The SMILES string of the molecule is COc1cccc2c1O[C@@]1(C)[C@@H](C(=O)Nc3ccc(C)cc3C)[C@H]2NC(=S)N1c1cccc(Br)c1. The normalized spacial score (nSPS) is 22.5. The Morgan fingerprint density at radius 2 is 1.94 bits per heavy atom. The Bertz CT molecular complexity index is 1350. The van der Waals surface area contributed by atoms with Gasteiger partial charge in [0.05, 0.1) is 13.2 Å². The number of para-hydroxylation sites is 1. The minimum Gasteiger partial charge on any atom is -0.493 e. The van der Waals surface area contributed by atoms with Gasteiger partial charge in [0.2, 0.25) is 5.91 Å². The molecule has 0 spiro atoms. The first kappa shape index (κ1) is 23.6. The smallest absolute Gasteiger partial charge is 0.236 e. The van der Waals surface area contributed by atoms with Crippen LogP contribution in [0.1, 0.15) is 29.7 Å². The molecule has 2 N–H and O–H groups in total. The quantitative estimate of drug-likeness (QED) is 0.395. The fraction of sp³-hybridized carbons (Fsp3) is 0.259. The Balaban J connectivity index is 1.65. The second-order valence-corrected chi connectivity index (χ2v) is 10.4. The van der Waals surface area contributed by atoms with E-state index >= 15 is 0 Å². The predicted octanol–water partition coefficient (Wildman–Crippen LogP) is 5.87. The molecular formula is C27H26BrN3O3S. The number of amides is 1. The molecule has 0 saturated carbocycles. The van der Waals surface area contributed by atoms with E-state index in [1.165, 1.54) is 0 Å². The first-order chi connectivity index (χ1) is 16.7. The van der Waals surface area contributed by atoms with Gasteiger partial charge in [0.1, 0.15) is 5.92 Å². The van der Waals surface area contributed by atoms with Crippen molar-refractivity contribution in [2.24, 2.45) is 5.92 Å². The number of halogens is 1. The van der Waals surface area contributed by atoms with E-state index in [0.717, 1.165) is 32.5 Å². The number of carbonyl (C=O) groups is 1. The van der Waals surface area contributed by atoms with Crippen molar-refractivity contribution >= 4 is 50.5 Å². The van der Waals surface area contributed by atoms with Gasteiger partial charge in [-0.3, -0.25) is 9.69 Å². The molecule has 1 amide bonds. The second kappa shape index (κ2) is 8.84. The lowest BCUT2D eigenvalue weighted by atomic mass is 9.78. The Morgan fingerprint density at radius 3 is 2.66 bits per heavy atom. The molecule has 1 saturated heterocycles. The van der Waals surface area contributed by atoms with E-state index in [1.54, 1.807) is 7.11 Å². The number of benzene rings is 3.